The van der Waals surface area contributed by atoms with Crippen LogP contribution in [0.2, 0.25) is 0 Å². The van der Waals surface area contributed by atoms with Gasteiger partial charge in [-0.25, -0.2) is 0 Å². The molecule has 0 saturated heterocycles. The highest BCUT2D eigenvalue weighted by Gasteiger charge is 2.47. The summed E-state index contributed by atoms with van der Waals surface area (Å²) in [6.45, 7) is 2.14. The highest BCUT2D eigenvalue weighted by Crippen LogP contribution is 2.50. The van der Waals surface area contributed by atoms with Gasteiger partial charge in [0.25, 0.3) is 6.71 Å². The Balaban J connectivity index is 1.44. The van der Waals surface area contributed by atoms with E-state index in [1.54, 1.807) is 0 Å². The molecule has 1 atom stereocenters. The van der Waals surface area contributed by atoms with E-state index in [1.165, 1.54) is 10.9 Å². The molecule has 0 amide bonds. The number of benzene rings is 6. The first kappa shape index (κ1) is 26.9. The fraction of sp³-hybridized carbons (Fsp3) is 0.0250. The number of rotatable bonds is 5. The van der Waals surface area contributed by atoms with E-state index in [0.717, 1.165) is 62.1 Å². The van der Waals surface area contributed by atoms with Crippen LogP contribution in [-0.4, -0.2) is 19.7 Å². The van der Waals surface area contributed by atoms with E-state index in [4.69, 9.17) is 4.42 Å². The van der Waals surface area contributed by atoms with Gasteiger partial charge in [-0.3, -0.25) is 0 Å². The van der Waals surface area contributed by atoms with Crippen molar-refractivity contribution in [2.45, 2.75) is 0 Å². The van der Waals surface area contributed by atoms with E-state index in [1.807, 2.05) is 0 Å². The van der Waals surface area contributed by atoms with Crippen LogP contribution in [0.1, 0.15) is 0 Å². The van der Waals surface area contributed by atoms with E-state index in [9.17, 15) is 0 Å². The Labute approximate surface area is 270 Å². The molecule has 2 aliphatic rings. The molecular formula is C40H30BN3OP+. The summed E-state index contributed by atoms with van der Waals surface area (Å²) < 4.78 is 9.30. The molecule has 7 aromatic rings. The van der Waals surface area contributed by atoms with Crippen molar-refractivity contribution < 1.29 is 4.42 Å². The van der Waals surface area contributed by atoms with Crippen LogP contribution >= 0.6 is 7.70 Å². The third kappa shape index (κ3) is 3.99. The summed E-state index contributed by atoms with van der Waals surface area (Å²) in [5.41, 5.74) is 13.4. The minimum absolute atomic E-state index is 0.0781. The first-order valence-corrected chi connectivity index (χ1v) is 17.5. The van der Waals surface area contributed by atoms with Gasteiger partial charge in [-0.05, 0) is 77.7 Å². The standard InChI is InChI=1S/C40H30BN3OP/c1-46(2)44(30-20-10-5-11-21-30)31-26-35-38-36(27-31)43(29-18-8-4-9-19-29)39-32-22-12-15-25-37(32)45-40(39)41(38)33-23-13-14-24-34(33)42(35)28-16-6-3-7-17-28/h3-27H,1H2,2H3/q+1. The molecule has 4 nitrogen and oxygen atoms in total. The average molecular weight is 610 g/mol. The summed E-state index contributed by atoms with van der Waals surface area (Å²) in [5.74, 6) is 0. The zero-order valence-corrected chi connectivity index (χ0v) is 26.3. The van der Waals surface area contributed by atoms with Crippen LogP contribution in [0.3, 0.4) is 0 Å². The lowest BCUT2D eigenvalue weighted by Crippen LogP contribution is -2.61. The summed E-state index contributed by atoms with van der Waals surface area (Å²) >= 11 is 0. The van der Waals surface area contributed by atoms with Crippen LogP contribution < -0.4 is 31.1 Å². The van der Waals surface area contributed by atoms with Gasteiger partial charge in [0.2, 0.25) is 7.70 Å². The third-order valence-corrected chi connectivity index (χ3v) is 10.2. The van der Waals surface area contributed by atoms with Crippen LogP contribution in [-0.2, 0) is 0 Å². The van der Waals surface area contributed by atoms with E-state index >= 15 is 0 Å². The normalized spacial score (nSPS) is 13.2. The quantitative estimate of drug-likeness (QED) is 0.143. The van der Waals surface area contributed by atoms with Crippen LogP contribution in [0.5, 0.6) is 0 Å². The molecule has 0 bridgehead atoms. The van der Waals surface area contributed by atoms with Crippen LogP contribution in [0.25, 0.3) is 11.0 Å². The topological polar surface area (TPSA) is 22.9 Å². The van der Waals surface area contributed by atoms with Gasteiger partial charge in [-0.2, -0.15) is 4.67 Å². The highest BCUT2D eigenvalue weighted by molar-refractivity contribution is 7.57. The van der Waals surface area contributed by atoms with E-state index < -0.39 is 7.70 Å². The van der Waals surface area contributed by atoms with Crippen molar-refractivity contribution in [2.75, 3.05) is 21.1 Å². The van der Waals surface area contributed by atoms with Gasteiger partial charge in [0.15, 0.2) is 0 Å². The average Bonchev–Trinajstić information content (AvgIpc) is 3.48. The smallest absolute Gasteiger partial charge is 0.297 e. The van der Waals surface area contributed by atoms with E-state index in [2.05, 4.69) is 179 Å². The minimum atomic E-state index is -0.774. The third-order valence-electron chi connectivity index (χ3n) is 9.08. The SMILES string of the molecule is C=[P+](C)N(c1ccccc1)c1cc2c3c(c1)N(c1ccccc1)c1c(oc4ccccc14)B3c1ccccc1N2c1ccccc1. The number of hydrogen-bond donors (Lipinski definition) is 0. The maximum absolute atomic E-state index is 6.90. The zero-order valence-electron chi connectivity index (χ0n) is 25.4. The molecule has 6 aromatic carbocycles. The van der Waals surface area contributed by atoms with E-state index in [0.29, 0.717) is 0 Å². The number of furan rings is 1. The van der Waals surface area contributed by atoms with Crippen LogP contribution in [0.15, 0.2) is 156 Å². The molecule has 1 aromatic heterocycles. The summed E-state index contributed by atoms with van der Waals surface area (Å²) in [5, 5.41) is 1.11. The Bertz CT molecular complexity index is 2270. The number of nitrogens with zero attached hydrogens (tertiary/aromatic N) is 3. The Morgan fingerprint density at radius 3 is 1.87 bits per heavy atom. The fourth-order valence-electron chi connectivity index (χ4n) is 7.30. The number of para-hydroxylation sites is 5. The van der Waals surface area contributed by atoms with Crippen molar-refractivity contribution in [1.29, 1.82) is 0 Å². The largest absolute Gasteiger partial charge is 0.468 e. The maximum Gasteiger partial charge on any atom is 0.297 e. The molecule has 0 aliphatic carbocycles. The van der Waals surface area contributed by atoms with Crippen LogP contribution in [0.4, 0.5) is 45.5 Å². The van der Waals surface area contributed by atoms with Gasteiger partial charge in [0.1, 0.15) is 12.2 Å². The summed E-state index contributed by atoms with van der Waals surface area (Å²) in [6, 6.07) is 54.0. The molecule has 46 heavy (non-hydrogen) atoms. The Morgan fingerprint density at radius 1 is 0.609 bits per heavy atom. The zero-order chi connectivity index (χ0) is 30.8. The minimum Gasteiger partial charge on any atom is -0.468 e. The maximum atomic E-state index is 6.90. The van der Waals surface area contributed by atoms with Crippen molar-refractivity contribution in [2.24, 2.45) is 0 Å². The lowest BCUT2D eigenvalue weighted by atomic mass is 9.35. The van der Waals surface area contributed by atoms with Crippen molar-refractivity contribution in [3.8, 4) is 0 Å². The molecule has 1 unspecified atom stereocenters. The van der Waals surface area contributed by atoms with Crippen molar-refractivity contribution in [3.05, 3.63) is 152 Å². The molecule has 9 rings (SSSR count). The molecule has 218 valence electrons. The number of fused-ring (bicyclic) bond motifs is 6. The predicted octanol–water partition coefficient (Wildman–Crippen LogP) is 9.11. The number of hydrogen-bond acceptors (Lipinski definition) is 4. The van der Waals surface area contributed by atoms with Crippen molar-refractivity contribution in [3.63, 3.8) is 0 Å². The van der Waals surface area contributed by atoms with Gasteiger partial charge < -0.3 is 14.2 Å². The molecule has 0 spiro atoms. The molecule has 6 heteroatoms. The lowest BCUT2D eigenvalue weighted by molar-refractivity contribution is 0.651. The second kappa shape index (κ2) is 10.5. The van der Waals surface area contributed by atoms with E-state index in [-0.39, 0.29) is 6.71 Å². The molecule has 0 N–H and O–H groups in total. The monoisotopic (exact) mass is 610 g/mol. The first-order valence-electron chi connectivity index (χ1n) is 15.6. The molecule has 2 aliphatic heterocycles. The molecule has 0 saturated carbocycles. The second-order valence-electron chi connectivity index (χ2n) is 11.8. The predicted molar refractivity (Wildman–Crippen MR) is 199 cm³/mol. The van der Waals surface area contributed by atoms with Gasteiger partial charge >= 0.3 is 0 Å². The van der Waals surface area contributed by atoms with Gasteiger partial charge in [0.05, 0.1) is 29.0 Å². The van der Waals surface area contributed by atoms with Crippen LogP contribution in [0, 0.1) is 0 Å². The van der Waals surface area contributed by atoms with Crippen molar-refractivity contribution in [1.82, 2.24) is 0 Å². The highest BCUT2D eigenvalue weighted by atomic mass is 31.1. The molecule has 0 radical (unpaired) electrons. The van der Waals surface area contributed by atoms with Gasteiger partial charge in [-0.1, -0.05) is 84.9 Å². The summed E-state index contributed by atoms with van der Waals surface area (Å²) in [4.78, 5) is 4.84. The molecule has 3 heterocycles. The van der Waals surface area contributed by atoms with Gasteiger partial charge in [-0.15, -0.1) is 0 Å². The van der Waals surface area contributed by atoms with Gasteiger partial charge in [0, 0.05) is 33.8 Å². The Hall–Kier alpha value is -5.51. The Morgan fingerprint density at radius 2 is 1.17 bits per heavy atom. The summed E-state index contributed by atoms with van der Waals surface area (Å²) in [7, 11) is -0.774. The molecular weight excluding hydrogens is 580 g/mol. The second-order valence-corrected chi connectivity index (χ2v) is 13.6. The fourth-order valence-corrected chi connectivity index (χ4v) is 8.34. The summed E-state index contributed by atoms with van der Waals surface area (Å²) in [6.07, 6.45) is 4.60. The Kier molecular flexibility index (Phi) is 6.16. The first-order chi connectivity index (χ1) is 22.7. The van der Waals surface area contributed by atoms with Crippen molar-refractivity contribution >= 4 is 93.8 Å². The lowest BCUT2D eigenvalue weighted by Gasteiger charge is -2.42. The molecule has 0 fully saturated rings. The number of anilines is 8.